The highest BCUT2D eigenvalue weighted by Gasteiger charge is 2.57. The maximum absolute atomic E-state index is 13.4. The zero-order chi connectivity index (χ0) is 19.3. The van der Waals surface area contributed by atoms with E-state index in [0.717, 1.165) is 55.7 Å². The molecule has 1 aliphatic carbocycles. The summed E-state index contributed by atoms with van der Waals surface area (Å²) in [6, 6.07) is 9.46. The fourth-order valence-electron chi connectivity index (χ4n) is 4.28. The van der Waals surface area contributed by atoms with Gasteiger partial charge in [0.2, 0.25) is 5.91 Å². The van der Waals surface area contributed by atoms with E-state index in [1.165, 1.54) is 0 Å². The van der Waals surface area contributed by atoms with Crippen LogP contribution < -0.4 is 10.6 Å². The number of anilines is 1. The number of rotatable bonds is 3. The monoisotopic (exact) mass is 382 g/mol. The second-order valence-electron chi connectivity index (χ2n) is 7.80. The van der Waals surface area contributed by atoms with E-state index in [1.54, 1.807) is 0 Å². The van der Waals surface area contributed by atoms with Crippen LogP contribution in [0.4, 0.5) is 14.5 Å². The summed E-state index contributed by atoms with van der Waals surface area (Å²) in [6.45, 7) is 1.98. The molecule has 1 aliphatic heterocycles. The van der Waals surface area contributed by atoms with Gasteiger partial charge in [0.15, 0.2) is 11.6 Å². The van der Waals surface area contributed by atoms with Gasteiger partial charge in [-0.3, -0.25) is 4.79 Å². The van der Waals surface area contributed by atoms with E-state index >= 15 is 0 Å². The zero-order valence-electron chi connectivity index (χ0n) is 15.2. The first-order valence-corrected chi connectivity index (χ1v) is 9.51. The number of amides is 1. The van der Waals surface area contributed by atoms with Gasteiger partial charge in [0.05, 0.1) is 11.0 Å². The molecule has 1 unspecified atom stereocenters. The van der Waals surface area contributed by atoms with Crippen LogP contribution in [0, 0.1) is 23.0 Å². The molecule has 0 bridgehead atoms. The van der Waals surface area contributed by atoms with E-state index in [1.807, 2.05) is 24.3 Å². The van der Waals surface area contributed by atoms with Crippen molar-refractivity contribution in [2.75, 3.05) is 18.4 Å². The van der Waals surface area contributed by atoms with E-state index in [9.17, 15) is 13.6 Å². The van der Waals surface area contributed by atoms with Gasteiger partial charge in [0.25, 0.3) is 0 Å². The molecular formula is C21H20F2N4O. The molecule has 28 heavy (non-hydrogen) atoms. The highest BCUT2D eigenvalue weighted by atomic mass is 19.2. The minimum absolute atomic E-state index is 0.0873. The van der Waals surface area contributed by atoms with Gasteiger partial charge in [0.1, 0.15) is 5.82 Å². The van der Waals surface area contributed by atoms with Gasteiger partial charge >= 0.3 is 0 Å². The van der Waals surface area contributed by atoms with E-state index in [0.29, 0.717) is 16.9 Å². The number of H-pyrrole nitrogens is 1. The van der Waals surface area contributed by atoms with Crippen molar-refractivity contribution in [3.8, 4) is 11.4 Å². The minimum atomic E-state index is -0.921. The molecule has 1 saturated heterocycles. The number of fused-ring (bicyclic) bond motifs is 1. The summed E-state index contributed by atoms with van der Waals surface area (Å²) in [6.07, 6.45) is 3.11. The van der Waals surface area contributed by atoms with E-state index in [-0.39, 0.29) is 17.2 Å². The molecule has 144 valence electrons. The number of hydrogen-bond acceptors (Lipinski definition) is 3. The SMILES string of the molecule is O=C(Nc1ccc(-c2nc3cc(F)c(F)cc3[nH]2)cc1)C1CC12CCNCC2. The normalized spacial score (nSPS) is 20.4. The molecule has 1 amide bonds. The Bertz CT molecular complexity index is 1020. The lowest BCUT2D eigenvalue weighted by atomic mass is 9.92. The third-order valence-corrected chi connectivity index (χ3v) is 6.06. The lowest BCUT2D eigenvalue weighted by Gasteiger charge is -2.23. The largest absolute Gasteiger partial charge is 0.338 e. The number of carbonyl (C=O) groups excluding carboxylic acids is 1. The van der Waals surface area contributed by atoms with Gasteiger partial charge in [-0.05, 0) is 62.0 Å². The van der Waals surface area contributed by atoms with Gasteiger partial charge in [-0.15, -0.1) is 0 Å². The molecule has 0 radical (unpaired) electrons. The first-order chi connectivity index (χ1) is 13.5. The van der Waals surface area contributed by atoms with Crippen molar-refractivity contribution < 1.29 is 13.6 Å². The first-order valence-electron chi connectivity index (χ1n) is 9.51. The Hall–Kier alpha value is -2.80. The smallest absolute Gasteiger partial charge is 0.228 e. The highest BCUT2D eigenvalue weighted by molar-refractivity contribution is 5.95. The number of aromatic amines is 1. The average molecular weight is 382 g/mol. The number of nitrogens with zero attached hydrogens (tertiary/aromatic N) is 1. The maximum atomic E-state index is 13.4. The molecule has 1 atom stereocenters. The molecule has 5 nitrogen and oxygen atoms in total. The molecule has 2 aliphatic rings. The lowest BCUT2D eigenvalue weighted by molar-refractivity contribution is -0.118. The van der Waals surface area contributed by atoms with Crippen molar-refractivity contribution >= 4 is 22.6 Å². The van der Waals surface area contributed by atoms with Crippen LogP contribution in [0.3, 0.4) is 0 Å². The topological polar surface area (TPSA) is 69.8 Å². The van der Waals surface area contributed by atoms with E-state index in [4.69, 9.17) is 0 Å². The van der Waals surface area contributed by atoms with Crippen LogP contribution in [0.25, 0.3) is 22.4 Å². The fraction of sp³-hybridized carbons (Fsp3) is 0.333. The molecule has 3 N–H and O–H groups in total. The second kappa shape index (κ2) is 6.38. The van der Waals surface area contributed by atoms with Crippen LogP contribution in [0.15, 0.2) is 36.4 Å². The van der Waals surface area contributed by atoms with Crippen molar-refractivity contribution in [3.63, 3.8) is 0 Å². The predicted octanol–water partition coefficient (Wildman–Crippen LogP) is 3.84. The Balaban J connectivity index is 1.30. The van der Waals surface area contributed by atoms with Gasteiger partial charge in [-0.25, -0.2) is 13.8 Å². The molecule has 5 rings (SSSR count). The molecule has 7 heteroatoms. The van der Waals surface area contributed by atoms with Crippen LogP contribution >= 0.6 is 0 Å². The molecular weight excluding hydrogens is 362 g/mol. The number of carbonyl (C=O) groups is 1. The fourth-order valence-corrected chi connectivity index (χ4v) is 4.28. The molecule has 1 spiro atoms. The van der Waals surface area contributed by atoms with Crippen molar-refractivity contribution in [2.24, 2.45) is 11.3 Å². The number of nitrogens with one attached hydrogen (secondary N) is 3. The molecule has 2 heterocycles. The Morgan fingerprint density at radius 2 is 1.82 bits per heavy atom. The quantitative estimate of drug-likeness (QED) is 0.645. The van der Waals surface area contributed by atoms with Crippen LogP contribution in [0.5, 0.6) is 0 Å². The second-order valence-corrected chi connectivity index (χ2v) is 7.80. The van der Waals surface area contributed by atoms with Crippen molar-refractivity contribution in [2.45, 2.75) is 19.3 Å². The summed E-state index contributed by atoms with van der Waals surface area (Å²) < 4.78 is 26.7. The molecule has 1 saturated carbocycles. The number of benzene rings is 2. The van der Waals surface area contributed by atoms with Gasteiger partial charge in [-0.1, -0.05) is 0 Å². The van der Waals surface area contributed by atoms with E-state index < -0.39 is 11.6 Å². The summed E-state index contributed by atoms with van der Waals surface area (Å²) in [5.74, 6) is -1.12. The van der Waals surface area contributed by atoms with Crippen LogP contribution in [0.2, 0.25) is 0 Å². The average Bonchev–Trinajstić information content (AvgIpc) is 3.23. The summed E-state index contributed by atoms with van der Waals surface area (Å²) in [5, 5.41) is 6.35. The summed E-state index contributed by atoms with van der Waals surface area (Å²) in [4.78, 5) is 19.9. The Kier molecular flexibility index (Phi) is 3.94. The number of halogens is 2. The number of hydrogen-bond donors (Lipinski definition) is 3. The van der Waals surface area contributed by atoms with Crippen molar-refractivity contribution in [1.29, 1.82) is 0 Å². The molecule has 3 aromatic rings. The van der Waals surface area contributed by atoms with Gasteiger partial charge < -0.3 is 15.6 Å². The summed E-state index contributed by atoms with van der Waals surface area (Å²) >= 11 is 0. The van der Waals surface area contributed by atoms with Crippen molar-refractivity contribution in [3.05, 3.63) is 48.0 Å². The highest BCUT2D eigenvalue weighted by Crippen LogP contribution is 2.58. The maximum Gasteiger partial charge on any atom is 0.228 e. The third kappa shape index (κ3) is 2.96. The van der Waals surface area contributed by atoms with Crippen LogP contribution in [0.1, 0.15) is 19.3 Å². The van der Waals surface area contributed by atoms with Gasteiger partial charge in [0, 0.05) is 29.3 Å². The number of aromatic nitrogens is 2. The first kappa shape index (κ1) is 17.3. The predicted molar refractivity (Wildman–Crippen MR) is 103 cm³/mol. The Labute approximate surface area is 160 Å². The third-order valence-electron chi connectivity index (χ3n) is 6.06. The minimum Gasteiger partial charge on any atom is -0.338 e. The number of piperidine rings is 1. The van der Waals surface area contributed by atoms with Crippen LogP contribution in [-0.2, 0) is 4.79 Å². The van der Waals surface area contributed by atoms with E-state index in [2.05, 4.69) is 20.6 Å². The molecule has 2 fully saturated rings. The Morgan fingerprint density at radius 3 is 2.57 bits per heavy atom. The molecule has 2 aromatic carbocycles. The Morgan fingerprint density at radius 1 is 1.11 bits per heavy atom. The summed E-state index contributed by atoms with van der Waals surface area (Å²) in [7, 11) is 0. The van der Waals surface area contributed by atoms with Gasteiger partial charge in [-0.2, -0.15) is 0 Å². The zero-order valence-corrected chi connectivity index (χ0v) is 15.2. The standard InChI is InChI=1S/C21H20F2N4O/c22-15-9-17-18(10-16(15)23)27-19(26-17)12-1-3-13(4-2-12)25-20(28)14-11-21(14)5-7-24-8-6-21/h1-4,9-10,14,24H,5-8,11H2,(H,25,28)(H,26,27). The number of imidazole rings is 1. The van der Waals surface area contributed by atoms with Crippen LogP contribution in [-0.4, -0.2) is 29.0 Å². The van der Waals surface area contributed by atoms with Crippen molar-refractivity contribution in [1.82, 2.24) is 15.3 Å². The summed E-state index contributed by atoms with van der Waals surface area (Å²) in [5.41, 5.74) is 2.52. The lowest BCUT2D eigenvalue weighted by Crippen LogP contribution is -2.31. The molecule has 1 aromatic heterocycles.